The number of aliphatic hydroxyl groups is 6. The molecule has 1 saturated heterocycles. The van der Waals surface area contributed by atoms with E-state index in [-0.39, 0.29) is 6.61 Å². The van der Waals surface area contributed by atoms with Gasteiger partial charge >= 0.3 is 0 Å². The van der Waals surface area contributed by atoms with Crippen LogP contribution in [0.4, 0.5) is 0 Å². The fourth-order valence-electron chi connectivity index (χ4n) is 7.93. The molecular weight excluding hydrogens is 735 g/mol. The quantitative estimate of drug-likeness (QED) is 0.0235. The Morgan fingerprint density at radius 2 is 0.966 bits per heavy atom. The highest BCUT2D eigenvalue weighted by Gasteiger charge is 2.44. The molecule has 0 bridgehead atoms. The lowest BCUT2D eigenvalue weighted by atomic mass is 9.99. The van der Waals surface area contributed by atoms with E-state index < -0.39 is 61.5 Å². The Balaban J connectivity index is 2.33. The molecule has 10 heteroatoms. The zero-order valence-corrected chi connectivity index (χ0v) is 37.4. The van der Waals surface area contributed by atoms with E-state index in [1.54, 1.807) is 0 Å². The third-order valence-electron chi connectivity index (χ3n) is 12.0. The first-order valence-corrected chi connectivity index (χ1v) is 24.5. The molecule has 0 aromatic carbocycles. The van der Waals surface area contributed by atoms with E-state index in [2.05, 4.69) is 31.3 Å². The molecule has 10 nitrogen and oxygen atoms in total. The van der Waals surface area contributed by atoms with Crippen molar-refractivity contribution >= 4 is 5.91 Å². The van der Waals surface area contributed by atoms with Crippen LogP contribution >= 0.6 is 0 Å². The maximum Gasteiger partial charge on any atom is 0.249 e. The van der Waals surface area contributed by atoms with Crippen LogP contribution in [0.25, 0.3) is 0 Å². The normalized spacial score (nSPS) is 21.4. The van der Waals surface area contributed by atoms with E-state index in [4.69, 9.17) is 9.47 Å². The molecule has 0 aromatic heterocycles. The van der Waals surface area contributed by atoms with Crippen LogP contribution in [0.15, 0.2) is 12.2 Å². The summed E-state index contributed by atoms with van der Waals surface area (Å²) in [5.74, 6) is -0.590. The van der Waals surface area contributed by atoms with Crippen molar-refractivity contribution < 1.29 is 44.9 Å². The lowest BCUT2D eigenvalue weighted by Crippen LogP contribution is -2.60. The Bertz CT molecular complexity index is 937. The largest absolute Gasteiger partial charge is 0.394 e. The molecular formula is C48H93NO9. The van der Waals surface area contributed by atoms with Crippen molar-refractivity contribution in [2.75, 3.05) is 13.2 Å². The first-order chi connectivity index (χ1) is 28.3. The molecule has 7 N–H and O–H groups in total. The van der Waals surface area contributed by atoms with Crippen molar-refractivity contribution in [3.8, 4) is 0 Å². The number of carbonyl (C=O) groups is 1. The summed E-state index contributed by atoms with van der Waals surface area (Å²) >= 11 is 0. The van der Waals surface area contributed by atoms with Crippen molar-refractivity contribution in [2.45, 2.75) is 275 Å². The van der Waals surface area contributed by atoms with Gasteiger partial charge in [-0.15, -0.1) is 0 Å². The Morgan fingerprint density at radius 3 is 1.41 bits per heavy atom. The highest BCUT2D eigenvalue weighted by atomic mass is 16.7. The number of hydrogen-bond donors (Lipinski definition) is 7. The minimum Gasteiger partial charge on any atom is -0.394 e. The molecule has 8 atom stereocenters. The predicted molar refractivity (Wildman–Crippen MR) is 237 cm³/mol. The summed E-state index contributed by atoms with van der Waals surface area (Å²) in [6.45, 7) is 3.66. The molecule has 0 saturated carbocycles. The highest BCUT2D eigenvalue weighted by Crippen LogP contribution is 2.23. The number of unbranched alkanes of at least 4 members (excludes halogenated alkanes) is 28. The van der Waals surface area contributed by atoms with E-state index >= 15 is 0 Å². The standard InChI is InChI=1S/C48H93NO9/c1-3-5-7-9-11-13-15-17-18-19-20-21-22-23-25-27-29-31-33-35-37-42(52)47(56)49-40(39-57-48-46(55)45(54)44(53)43(38-50)58-48)41(51)36-34-32-30-28-26-24-16-14-12-10-8-6-4-2/h26,28,40-46,48,50-55H,3-25,27,29-39H2,1-2H3,(H,49,56)/b28-26-/t40-,41+,42+,43+,44+,45-,46+,48+/m0/s1. The number of aliphatic hydroxyl groups excluding tert-OH is 6. The van der Waals surface area contributed by atoms with Gasteiger partial charge in [0, 0.05) is 0 Å². The third-order valence-corrected chi connectivity index (χ3v) is 12.0. The van der Waals surface area contributed by atoms with Crippen molar-refractivity contribution in [1.29, 1.82) is 0 Å². The molecule has 1 aliphatic rings. The number of nitrogens with one attached hydrogen (secondary N) is 1. The van der Waals surface area contributed by atoms with Crippen LogP contribution in [-0.2, 0) is 14.3 Å². The van der Waals surface area contributed by atoms with Crippen molar-refractivity contribution in [2.24, 2.45) is 0 Å². The Kier molecular flexibility index (Phi) is 36.7. The molecule has 0 radical (unpaired) electrons. The molecule has 344 valence electrons. The number of carbonyl (C=O) groups excluding carboxylic acids is 1. The van der Waals surface area contributed by atoms with Crippen molar-refractivity contribution in [3.05, 3.63) is 12.2 Å². The average Bonchev–Trinajstić information content (AvgIpc) is 3.22. The van der Waals surface area contributed by atoms with Crippen LogP contribution in [0.5, 0.6) is 0 Å². The molecule has 1 aliphatic heterocycles. The summed E-state index contributed by atoms with van der Waals surface area (Å²) in [5.41, 5.74) is 0. The second-order valence-corrected chi connectivity index (χ2v) is 17.4. The number of amides is 1. The number of hydrogen-bond acceptors (Lipinski definition) is 9. The molecule has 1 heterocycles. The van der Waals surface area contributed by atoms with Crippen LogP contribution in [0.2, 0.25) is 0 Å². The summed E-state index contributed by atoms with van der Waals surface area (Å²) < 4.78 is 11.2. The summed E-state index contributed by atoms with van der Waals surface area (Å²) in [6.07, 6.45) is 34.1. The van der Waals surface area contributed by atoms with E-state index in [1.807, 2.05) is 0 Å². The lowest BCUT2D eigenvalue weighted by Gasteiger charge is -2.40. The fraction of sp³-hybridized carbons (Fsp3) is 0.938. The van der Waals surface area contributed by atoms with Crippen LogP contribution in [-0.4, -0.2) is 98.7 Å². The summed E-state index contributed by atoms with van der Waals surface area (Å²) in [7, 11) is 0. The molecule has 58 heavy (non-hydrogen) atoms. The van der Waals surface area contributed by atoms with Crippen LogP contribution in [0.1, 0.15) is 226 Å². The van der Waals surface area contributed by atoms with Gasteiger partial charge in [-0.2, -0.15) is 0 Å². The monoisotopic (exact) mass is 828 g/mol. The van der Waals surface area contributed by atoms with Gasteiger partial charge in [-0.05, 0) is 38.5 Å². The van der Waals surface area contributed by atoms with Gasteiger partial charge in [0.05, 0.1) is 25.4 Å². The topological polar surface area (TPSA) is 169 Å². The number of allylic oxidation sites excluding steroid dienone is 2. The Hall–Kier alpha value is -1.11. The lowest BCUT2D eigenvalue weighted by molar-refractivity contribution is -0.302. The molecule has 0 aromatic rings. The molecule has 0 aliphatic carbocycles. The van der Waals surface area contributed by atoms with Gasteiger partial charge in [0.25, 0.3) is 0 Å². The zero-order chi connectivity index (χ0) is 42.5. The molecule has 0 spiro atoms. The maximum absolute atomic E-state index is 13.1. The maximum atomic E-state index is 13.1. The SMILES string of the molecule is CCCCCCCCC/C=C\CCCC[C@@H](O)[C@H](CO[C@@H]1O[C@H](CO)[C@@H](O)[C@H](O)[C@H]1O)NC(=O)[C@H](O)CCCCCCCCCCCCCCCCCCCCCC. The van der Waals surface area contributed by atoms with E-state index in [0.29, 0.717) is 12.8 Å². The summed E-state index contributed by atoms with van der Waals surface area (Å²) in [4.78, 5) is 13.1. The van der Waals surface area contributed by atoms with E-state index in [1.165, 1.54) is 154 Å². The highest BCUT2D eigenvalue weighted by molar-refractivity contribution is 5.80. The first-order valence-electron chi connectivity index (χ1n) is 24.5. The van der Waals surface area contributed by atoms with Gasteiger partial charge < -0.3 is 45.4 Å². The van der Waals surface area contributed by atoms with Crippen molar-refractivity contribution in [3.63, 3.8) is 0 Å². The van der Waals surface area contributed by atoms with Gasteiger partial charge in [0.2, 0.25) is 5.91 Å². The van der Waals surface area contributed by atoms with Crippen LogP contribution < -0.4 is 5.32 Å². The minimum absolute atomic E-state index is 0.264. The van der Waals surface area contributed by atoms with Crippen LogP contribution in [0.3, 0.4) is 0 Å². The Labute approximate surface area is 355 Å². The van der Waals surface area contributed by atoms with Gasteiger partial charge in [-0.3, -0.25) is 4.79 Å². The van der Waals surface area contributed by atoms with Gasteiger partial charge in [-0.25, -0.2) is 0 Å². The Morgan fingerprint density at radius 1 is 0.569 bits per heavy atom. The fourth-order valence-corrected chi connectivity index (χ4v) is 7.93. The molecule has 1 amide bonds. The first kappa shape index (κ1) is 54.9. The average molecular weight is 828 g/mol. The third kappa shape index (κ3) is 28.4. The van der Waals surface area contributed by atoms with Gasteiger partial charge in [0.15, 0.2) is 6.29 Å². The molecule has 0 unspecified atom stereocenters. The predicted octanol–water partition coefficient (Wildman–Crippen LogP) is 9.48. The number of ether oxygens (including phenoxy) is 2. The van der Waals surface area contributed by atoms with Crippen molar-refractivity contribution in [1.82, 2.24) is 5.32 Å². The minimum atomic E-state index is -1.60. The summed E-state index contributed by atoms with van der Waals surface area (Å²) in [5, 5.41) is 64.8. The summed E-state index contributed by atoms with van der Waals surface area (Å²) in [6, 6.07) is -0.905. The van der Waals surface area contributed by atoms with Gasteiger partial charge in [-0.1, -0.05) is 199 Å². The van der Waals surface area contributed by atoms with Gasteiger partial charge in [0.1, 0.15) is 30.5 Å². The second kappa shape index (κ2) is 38.8. The van der Waals surface area contributed by atoms with E-state index in [9.17, 15) is 35.4 Å². The number of rotatable bonds is 41. The van der Waals surface area contributed by atoms with Crippen LogP contribution in [0, 0.1) is 0 Å². The smallest absolute Gasteiger partial charge is 0.249 e. The molecule has 1 rings (SSSR count). The molecule has 1 fully saturated rings. The zero-order valence-electron chi connectivity index (χ0n) is 37.4. The second-order valence-electron chi connectivity index (χ2n) is 17.4. The van der Waals surface area contributed by atoms with E-state index in [0.717, 1.165) is 44.9 Å².